The fourth-order valence-electron chi connectivity index (χ4n) is 2.19. The molecule has 0 bridgehead atoms. The SMILES string of the molecule is N#CC(CNC1CCCc2sccc21)C(F)(F)F. The Balaban J connectivity index is 1.99. The molecule has 2 rings (SSSR count). The monoisotopic (exact) mass is 274 g/mol. The molecule has 1 aliphatic rings. The smallest absolute Gasteiger partial charge is 0.308 e. The fourth-order valence-corrected chi connectivity index (χ4v) is 3.18. The molecule has 1 heterocycles. The lowest BCUT2D eigenvalue weighted by Gasteiger charge is -2.25. The second-order valence-electron chi connectivity index (χ2n) is 4.38. The maximum absolute atomic E-state index is 12.5. The summed E-state index contributed by atoms with van der Waals surface area (Å²) in [7, 11) is 0. The number of thiophene rings is 1. The zero-order valence-electron chi connectivity index (χ0n) is 9.63. The van der Waals surface area contributed by atoms with Gasteiger partial charge in [-0.3, -0.25) is 0 Å². The molecule has 1 aliphatic carbocycles. The number of fused-ring (bicyclic) bond motifs is 1. The number of hydrogen-bond donors (Lipinski definition) is 1. The zero-order chi connectivity index (χ0) is 13.2. The Labute approximate surface area is 107 Å². The Hall–Kier alpha value is -1.06. The number of hydrogen-bond acceptors (Lipinski definition) is 3. The van der Waals surface area contributed by atoms with Crippen LogP contribution in [0.15, 0.2) is 11.4 Å². The number of alkyl halides is 3. The van der Waals surface area contributed by atoms with Gasteiger partial charge in [-0.2, -0.15) is 18.4 Å². The van der Waals surface area contributed by atoms with Crippen molar-refractivity contribution in [2.75, 3.05) is 6.54 Å². The fraction of sp³-hybridized carbons (Fsp3) is 0.583. The molecular weight excluding hydrogens is 261 g/mol. The number of halogens is 3. The summed E-state index contributed by atoms with van der Waals surface area (Å²) in [6.07, 6.45) is -1.63. The van der Waals surface area contributed by atoms with Gasteiger partial charge in [0, 0.05) is 17.5 Å². The number of rotatable bonds is 3. The molecule has 0 amide bonds. The number of nitrogens with one attached hydrogen (secondary N) is 1. The molecular formula is C12H13F3N2S. The first-order chi connectivity index (χ1) is 8.52. The van der Waals surface area contributed by atoms with E-state index in [0.717, 1.165) is 24.8 Å². The highest BCUT2D eigenvalue weighted by atomic mass is 32.1. The molecule has 6 heteroatoms. The van der Waals surface area contributed by atoms with Crippen molar-refractivity contribution in [1.29, 1.82) is 5.26 Å². The number of nitrogens with zero attached hydrogens (tertiary/aromatic N) is 1. The topological polar surface area (TPSA) is 35.8 Å². The van der Waals surface area contributed by atoms with Gasteiger partial charge in [0.05, 0.1) is 6.07 Å². The van der Waals surface area contributed by atoms with E-state index in [-0.39, 0.29) is 12.6 Å². The van der Waals surface area contributed by atoms with Crippen LogP contribution in [0.25, 0.3) is 0 Å². The van der Waals surface area contributed by atoms with Crippen LogP contribution in [-0.2, 0) is 6.42 Å². The molecule has 0 aromatic carbocycles. The van der Waals surface area contributed by atoms with Crippen LogP contribution in [0.1, 0.15) is 29.3 Å². The highest BCUT2D eigenvalue weighted by Gasteiger charge is 2.40. The lowest BCUT2D eigenvalue weighted by atomic mass is 9.93. The van der Waals surface area contributed by atoms with Crippen LogP contribution < -0.4 is 5.32 Å². The molecule has 1 N–H and O–H groups in total. The summed E-state index contributed by atoms with van der Waals surface area (Å²) in [6.45, 7) is -0.333. The van der Waals surface area contributed by atoms with Gasteiger partial charge in [-0.25, -0.2) is 0 Å². The van der Waals surface area contributed by atoms with Crippen molar-refractivity contribution in [2.24, 2.45) is 5.92 Å². The van der Waals surface area contributed by atoms with Gasteiger partial charge in [0.15, 0.2) is 5.92 Å². The van der Waals surface area contributed by atoms with Crippen molar-refractivity contribution < 1.29 is 13.2 Å². The van der Waals surface area contributed by atoms with Crippen LogP contribution in [-0.4, -0.2) is 12.7 Å². The molecule has 0 fully saturated rings. The predicted molar refractivity (Wildman–Crippen MR) is 63.2 cm³/mol. The Morgan fingerprint density at radius 3 is 3.00 bits per heavy atom. The number of nitriles is 1. The van der Waals surface area contributed by atoms with Gasteiger partial charge >= 0.3 is 6.18 Å². The third-order valence-electron chi connectivity index (χ3n) is 3.17. The van der Waals surface area contributed by atoms with Gasteiger partial charge in [-0.15, -0.1) is 11.3 Å². The largest absolute Gasteiger partial charge is 0.405 e. The van der Waals surface area contributed by atoms with E-state index in [1.165, 1.54) is 10.9 Å². The van der Waals surface area contributed by atoms with Gasteiger partial charge < -0.3 is 5.32 Å². The highest BCUT2D eigenvalue weighted by molar-refractivity contribution is 7.10. The van der Waals surface area contributed by atoms with Gasteiger partial charge in [-0.05, 0) is 36.3 Å². The summed E-state index contributed by atoms with van der Waals surface area (Å²) in [5.74, 6) is -1.93. The summed E-state index contributed by atoms with van der Waals surface area (Å²) < 4.78 is 37.4. The minimum absolute atomic E-state index is 0.0433. The molecule has 0 radical (unpaired) electrons. The summed E-state index contributed by atoms with van der Waals surface area (Å²) >= 11 is 1.65. The second kappa shape index (κ2) is 5.29. The third kappa shape index (κ3) is 2.85. The lowest BCUT2D eigenvalue weighted by Crippen LogP contribution is -2.35. The first-order valence-corrected chi connectivity index (χ1v) is 6.66. The molecule has 0 saturated carbocycles. The lowest BCUT2D eigenvalue weighted by molar-refractivity contribution is -0.158. The normalized spacial score (nSPS) is 21.1. The molecule has 0 spiro atoms. The molecule has 1 aromatic heterocycles. The van der Waals surface area contributed by atoms with Crippen molar-refractivity contribution in [3.05, 3.63) is 21.9 Å². The van der Waals surface area contributed by atoms with E-state index < -0.39 is 12.1 Å². The first kappa shape index (κ1) is 13.4. The molecule has 1 aromatic rings. The van der Waals surface area contributed by atoms with Crippen molar-refractivity contribution in [2.45, 2.75) is 31.5 Å². The third-order valence-corrected chi connectivity index (χ3v) is 4.17. The highest BCUT2D eigenvalue weighted by Crippen LogP contribution is 2.34. The minimum Gasteiger partial charge on any atom is -0.308 e. The summed E-state index contributed by atoms with van der Waals surface area (Å²) in [4.78, 5) is 1.25. The molecule has 0 saturated heterocycles. The Morgan fingerprint density at radius 1 is 1.56 bits per heavy atom. The maximum atomic E-state index is 12.5. The van der Waals surface area contributed by atoms with E-state index in [4.69, 9.17) is 5.26 Å². The van der Waals surface area contributed by atoms with Gasteiger partial charge in [0.25, 0.3) is 0 Å². The van der Waals surface area contributed by atoms with Crippen LogP contribution in [0.2, 0.25) is 0 Å². The van der Waals surface area contributed by atoms with Crippen LogP contribution in [0.4, 0.5) is 13.2 Å². The predicted octanol–water partition coefficient (Wildman–Crippen LogP) is 3.42. The standard InChI is InChI=1S/C12H13F3N2S/c13-12(14,15)8(6-16)7-17-10-2-1-3-11-9(10)4-5-18-11/h4-5,8,10,17H,1-3,7H2. The van der Waals surface area contributed by atoms with Crippen LogP contribution in [0, 0.1) is 17.2 Å². The van der Waals surface area contributed by atoms with E-state index in [2.05, 4.69) is 5.32 Å². The van der Waals surface area contributed by atoms with Crippen molar-refractivity contribution in [1.82, 2.24) is 5.32 Å². The Morgan fingerprint density at radius 2 is 2.33 bits per heavy atom. The van der Waals surface area contributed by atoms with Crippen LogP contribution in [0.5, 0.6) is 0 Å². The molecule has 98 valence electrons. The van der Waals surface area contributed by atoms with Crippen LogP contribution in [0.3, 0.4) is 0 Å². The maximum Gasteiger partial charge on any atom is 0.405 e. The van der Waals surface area contributed by atoms with Crippen molar-refractivity contribution >= 4 is 11.3 Å². The van der Waals surface area contributed by atoms with E-state index in [1.54, 1.807) is 11.3 Å². The van der Waals surface area contributed by atoms with E-state index in [9.17, 15) is 13.2 Å². The van der Waals surface area contributed by atoms with Crippen molar-refractivity contribution in [3.8, 4) is 6.07 Å². The van der Waals surface area contributed by atoms with Gasteiger partial charge in [0.1, 0.15) is 0 Å². The average Bonchev–Trinajstić information content (AvgIpc) is 2.76. The van der Waals surface area contributed by atoms with E-state index in [1.807, 2.05) is 11.4 Å². The van der Waals surface area contributed by atoms with Crippen LogP contribution >= 0.6 is 11.3 Å². The van der Waals surface area contributed by atoms with Crippen molar-refractivity contribution in [3.63, 3.8) is 0 Å². The molecule has 2 unspecified atom stereocenters. The average molecular weight is 274 g/mol. The minimum atomic E-state index is -4.45. The first-order valence-electron chi connectivity index (χ1n) is 5.78. The Kier molecular flexibility index (Phi) is 3.93. The quantitative estimate of drug-likeness (QED) is 0.916. The summed E-state index contributed by atoms with van der Waals surface area (Å²) in [5, 5.41) is 13.4. The summed E-state index contributed by atoms with van der Waals surface area (Å²) in [6, 6.07) is 3.24. The molecule has 18 heavy (non-hydrogen) atoms. The second-order valence-corrected chi connectivity index (χ2v) is 5.38. The van der Waals surface area contributed by atoms with Gasteiger partial charge in [0.2, 0.25) is 0 Å². The van der Waals surface area contributed by atoms with E-state index >= 15 is 0 Å². The zero-order valence-corrected chi connectivity index (χ0v) is 10.4. The molecule has 0 aliphatic heterocycles. The molecule has 2 nitrogen and oxygen atoms in total. The number of aryl methyl sites for hydroxylation is 1. The molecule has 2 atom stereocenters. The van der Waals surface area contributed by atoms with Gasteiger partial charge in [-0.1, -0.05) is 0 Å². The van der Waals surface area contributed by atoms with E-state index in [0.29, 0.717) is 0 Å². The Bertz CT molecular complexity index is 447. The summed E-state index contributed by atoms with van der Waals surface area (Å²) in [5.41, 5.74) is 1.10.